The fourth-order valence-corrected chi connectivity index (χ4v) is 5.55. The minimum atomic E-state index is 0.956. The predicted molar refractivity (Wildman–Crippen MR) is 82.0 cm³/mol. The van der Waals surface area contributed by atoms with Gasteiger partial charge < -0.3 is 9.80 Å². The predicted octanol–water partition coefficient (Wildman–Crippen LogP) is 0.315. The number of rotatable bonds is 3. The Morgan fingerprint density at radius 3 is 2.30 bits per heavy atom. The zero-order valence-electron chi connectivity index (χ0n) is 12.9. The maximum Gasteiger partial charge on any atom is 0.0983 e. The van der Waals surface area contributed by atoms with Crippen LogP contribution in [0.1, 0.15) is 44.9 Å². The van der Waals surface area contributed by atoms with Crippen molar-refractivity contribution in [2.45, 2.75) is 51.0 Å². The summed E-state index contributed by atoms with van der Waals surface area (Å²) in [6, 6.07) is 1.01. The maximum atomic E-state index is 2.53. The Hall–Kier alpha value is -0.340. The molecule has 4 rings (SSSR count). The highest BCUT2D eigenvalue weighted by Crippen LogP contribution is 2.42. The Morgan fingerprint density at radius 1 is 0.850 bits per heavy atom. The Bertz CT molecular complexity index is 350. The van der Waals surface area contributed by atoms with E-state index in [1.54, 1.807) is 0 Å². The van der Waals surface area contributed by atoms with E-state index in [1.165, 1.54) is 77.7 Å². The molecule has 2 saturated heterocycles. The van der Waals surface area contributed by atoms with Crippen LogP contribution in [-0.2, 0) is 0 Å². The lowest BCUT2D eigenvalue weighted by Crippen LogP contribution is -3.21. The van der Waals surface area contributed by atoms with Gasteiger partial charge in [0.05, 0.1) is 38.8 Å². The molecule has 0 aromatic carbocycles. The maximum absolute atomic E-state index is 2.53. The molecule has 2 bridgehead atoms. The molecule has 1 saturated carbocycles. The molecular formula is C18H32N2+2. The molecule has 0 aromatic heterocycles. The molecule has 2 heterocycles. The second-order valence-electron chi connectivity index (χ2n) is 7.99. The molecule has 0 unspecified atom stereocenters. The van der Waals surface area contributed by atoms with Gasteiger partial charge in [-0.05, 0) is 43.9 Å². The third-order valence-corrected chi connectivity index (χ3v) is 6.73. The van der Waals surface area contributed by atoms with Crippen LogP contribution in [0.3, 0.4) is 0 Å². The van der Waals surface area contributed by atoms with Crippen LogP contribution in [-0.4, -0.2) is 38.8 Å². The summed E-state index contributed by atoms with van der Waals surface area (Å²) in [6.45, 7) is 7.35. The number of allylic oxidation sites excluding steroid dienone is 2. The van der Waals surface area contributed by atoms with Crippen LogP contribution in [0.2, 0.25) is 0 Å². The summed E-state index contributed by atoms with van der Waals surface area (Å²) in [5.41, 5.74) is 0. The smallest absolute Gasteiger partial charge is 0.0983 e. The normalized spacial score (nSPS) is 45.1. The highest BCUT2D eigenvalue weighted by Gasteiger charge is 2.39. The van der Waals surface area contributed by atoms with Gasteiger partial charge in [0.25, 0.3) is 0 Å². The van der Waals surface area contributed by atoms with E-state index in [2.05, 4.69) is 12.2 Å². The van der Waals surface area contributed by atoms with Crippen LogP contribution in [0, 0.1) is 17.8 Å². The van der Waals surface area contributed by atoms with Crippen molar-refractivity contribution >= 4 is 0 Å². The van der Waals surface area contributed by atoms with E-state index in [-0.39, 0.29) is 0 Å². The van der Waals surface area contributed by atoms with Crippen LogP contribution in [0.15, 0.2) is 12.2 Å². The summed E-state index contributed by atoms with van der Waals surface area (Å²) in [7, 11) is 0. The summed E-state index contributed by atoms with van der Waals surface area (Å²) < 4.78 is 0. The summed E-state index contributed by atoms with van der Waals surface area (Å²) in [4.78, 5) is 3.89. The first-order valence-electron chi connectivity index (χ1n) is 9.25. The van der Waals surface area contributed by atoms with Crippen molar-refractivity contribution in [3.63, 3.8) is 0 Å². The molecule has 4 aliphatic rings. The quantitative estimate of drug-likeness (QED) is 0.687. The molecule has 3 atom stereocenters. The van der Waals surface area contributed by atoms with Gasteiger partial charge in [-0.15, -0.1) is 0 Å². The lowest BCUT2D eigenvalue weighted by molar-refractivity contribution is -0.961. The van der Waals surface area contributed by atoms with Crippen molar-refractivity contribution in [3.05, 3.63) is 12.2 Å². The Labute approximate surface area is 124 Å². The molecule has 2 aliphatic heterocycles. The number of nitrogens with one attached hydrogen (secondary N) is 2. The zero-order valence-corrected chi connectivity index (χ0v) is 12.9. The highest BCUT2D eigenvalue weighted by molar-refractivity contribution is 5.09. The molecule has 2 heteroatoms. The number of hydrogen-bond acceptors (Lipinski definition) is 0. The van der Waals surface area contributed by atoms with E-state index in [4.69, 9.17) is 0 Å². The van der Waals surface area contributed by atoms with E-state index in [0.29, 0.717) is 0 Å². The van der Waals surface area contributed by atoms with Crippen molar-refractivity contribution in [1.29, 1.82) is 0 Å². The average Bonchev–Trinajstić information content (AvgIpc) is 3.12. The summed E-state index contributed by atoms with van der Waals surface area (Å²) >= 11 is 0. The highest BCUT2D eigenvalue weighted by atomic mass is 15.2. The molecule has 2 aliphatic carbocycles. The fraction of sp³-hybridized carbons (Fsp3) is 0.889. The molecule has 0 aromatic rings. The van der Waals surface area contributed by atoms with E-state index in [1.807, 2.05) is 9.80 Å². The second-order valence-corrected chi connectivity index (χ2v) is 7.99. The minimum Gasteiger partial charge on any atom is -0.334 e. The number of piperidine rings is 2. The molecule has 20 heavy (non-hydrogen) atoms. The van der Waals surface area contributed by atoms with Crippen LogP contribution >= 0.6 is 0 Å². The Morgan fingerprint density at radius 2 is 1.65 bits per heavy atom. The van der Waals surface area contributed by atoms with Crippen molar-refractivity contribution in [2.75, 3.05) is 32.7 Å². The van der Waals surface area contributed by atoms with Crippen LogP contribution < -0.4 is 9.80 Å². The molecule has 0 spiro atoms. The van der Waals surface area contributed by atoms with E-state index in [0.717, 1.165) is 23.8 Å². The second kappa shape index (κ2) is 5.81. The first-order valence-corrected chi connectivity index (χ1v) is 9.25. The Balaban J connectivity index is 1.24. The average molecular weight is 276 g/mol. The van der Waals surface area contributed by atoms with E-state index >= 15 is 0 Å². The summed E-state index contributed by atoms with van der Waals surface area (Å²) in [5.74, 6) is 2.94. The lowest BCUT2D eigenvalue weighted by atomic mass is 9.92. The van der Waals surface area contributed by atoms with Crippen LogP contribution in [0.4, 0.5) is 0 Å². The van der Waals surface area contributed by atoms with Crippen molar-refractivity contribution in [2.24, 2.45) is 17.8 Å². The largest absolute Gasteiger partial charge is 0.334 e. The van der Waals surface area contributed by atoms with Crippen molar-refractivity contribution < 1.29 is 9.80 Å². The van der Waals surface area contributed by atoms with Crippen molar-refractivity contribution in [1.82, 2.24) is 0 Å². The van der Waals surface area contributed by atoms with E-state index < -0.39 is 0 Å². The molecule has 112 valence electrons. The van der Waals surface area contributed by atoms with Gasteiger partial charge in [0.15, 0.2) is 0 Å². The third kappa shape index (κ3) is 2.69. The van der Waals surface area contributed by atoms with Crippen LogP contribution in [0.25, 0.3) is 0 Å². The van der Waals surface area contributed by atoms with Gasteiger partial charge in [-0.1, -0.05) is 12.2 Å². The molecule has 0 amide bonds. The fourth-order valence-electron chi connectivity index (χ4n) is 5.55. The SMILES string of the molecule is C1=C[C@H]2C[C@@H]1C[C@@H]2C[NH+]1CCC([NH+]2CCCCC2)CC1. The third-order valence-electron chi connectivity index (χ3n) is 6.73. The molecule has 2 nitrogen and oxygen atoms in total. The number of fused-ring (bicyclic) bond motifs is 2. The van der Waals surface area contributed by atoms with Crippen LogP contribution in [0.5, 0.6) is 0 Å². The monoisotopic (exact) mass is 276 g/mol. The van der Waals surface area contributed by atoms with Gasteiger partial charge in [0, 0.05) is 18.8 Å². The molecule has 3 fully saturated rings. The van der Waals surface area contributed by atoms with Gasteiger partial charge in [-0.2, -0.15) is 0 Å². The number of quaternary nitrogens is 2. The first kappa shape index (κ1) is 13.3. The molecule has 2 N–H and O–H groups in total. The summed E-state index contributed by atoms with van der Waals surface area (Å²) in [6.07, 6.45) is 15.5. The molecular weight excluding hydrogens is 244 g/mol. The molecule has 0 radical (unpaired) electrons. The van der Waals surface area contributed by atoms with Gasteiger partial charge in [-0.25, -0.2) is 0 Å². The first-order chi connectivity index (χ1) is 9.88. The number of likely N-dealkylation sites (tertiary alicyclic amines) is 2. The van der Waals surface area contributed by atoms with Gasteiger partial charge in [0.2, 0.25) is 0 Å². The van der Waals surface area contributed by atoms with Gasteiger partial charge in [0.1, 0.15) is 0 Å². The lowest BCUT2D eigenvalue weighted by Gasteiger charge is -2.37. The topological polar surface area (TPSA) is 8.88 Å². The summed E-state index contributed by atoms with van der Waals surface area (Å²) in [5, 5.41) is 0. The zero-order chi connectivity index (χ0) is 13.4. The standard InChI is InChI=1S/C18H30N2/c1-2-8-20(9-3-1)18-6-10-19(11-7-18)14-17-13-15-4-5-16(17)12-15/h4-5,15-18H,1-3,6-14H2/p+2/t15-,16+,17-/m1/s1. The van der Waals surface area contributed by atoms with Gasteiger partial charge in [-0.3, -0.25) is 0 Å². The minimum absolute atomic E-state index is 0.956. The van der Waals surface area contributed by atoms with Gasteiger partial charge >= 0.3 is 0 Å². The van der Waals surface area contributed by atoms with Crippen molar-refractivity contribution in [3.8, 4) is 0 Å². The Kier molecular flexibility index (Phi) is 3.87. The van der Waals surface area contributed by atoms with E-state index in [9.17, 15) is 0 Å². The number of hydrogen-bond donors (Lipinski definition) is 2.